The van der Waals surface area contributed by atoms with Gasteiger partial charge in [0.15, 0.2) is 0 Å². The van der Waals surface area contributed by atoms with Crippen LogP contribution in [0.3, 0.4) is 0 Å². The quantitative estimate of drug-likeness (QED) is 0.770. The Kier molecular flexibility index (Phi) is 5.27. The van der Waals surface area contributed by atoms with Crippen LogP contribution in [0.5, 0.6) is 0 Å². The monoisotopic (exact) mass is 368 g/mol. The van der Waals surface area contributed by atoms with E-state index in [0.717, 1.165) is 35.6 Å². The molecule has 4 fully saturated rings. The van der Waals surface area contributed by atoms with Crippen molar-refractivity contribution >= 4 is 17.7 Å². The fourth-order valence-electron chi connectivity index (χ4n) is 6.05. The maximum Gasteiger partial charge on any atom is 0.230 e. The first-order chi connectivity index (χ1) is 12.6. The van der Waals surface area contributed by atoms with E-state index < -0.39 is 0 Å². The standard InChI is InChI=1S/C22H28N2OS/c23-13-16-1-3-17(4-2-16)14-26-15-21(25)24-6-5-22-10-18-7-19(11-22)9-20(8-18)12-22/h1-4,18-20H,5-12,14-15H2,(H,24,25). The Labute approximate surface area is 160 Å². The minimum Gasteiger partial charge on any atom is -0.355 e. The highest BCUT2D eigenvalue weighted by Crippen LogP contribution is 2.61. The Bertz CT molecular complexity index is 656. The van der Waals surface area contributed by atoms with E-state index in [9.17, 15) is 4.79 Å². The molecule has 0 aliphatic heterocycles. The predicted molar refractivity (Wildman–Crippen MR) is 106 cm³/mol. The number of thioether (sulfide) groups is 1. The summed E-state index contributed by atoms with van der Waals surface area (Å²) in [7, 11) is 0. The second-order valence-corrected chi connectivity index (χ2v) is 9.80. The van der Waals surface area contributed by atoms with E-state index in [0.29, 0.717) is 16.7 Å². The molecule has 0 saturated heterocycles. The lowest BCUT2D eigenvalue weighted by Crippen LogP contribution is -2.47. The van der Waals surface area contributed by atoms with Crippen LogP contribution in [0.1, 0.15) is 56.1 Å². The molecule has 0 radical (unpaired) electrons. The molecule has 138 valence electrons. The summed E-state index contributed by atoms with van der Waals surface area (Å²) in [6.07, 6.45) is 9.89. The second kappa shape index (κ2) is 7.64. The molecule has 4 saturated carbocycles. The topological polar surface area (TPSA) is 52.9 Å². The Hall–Kier alpha value is -1.47. The Morgan fingerprint density at radius 3 is 2.31 bits per heavy atom. The minimum absolute atomic E-state index is 0.161. The minimum atomic E-state index is 0.161. The van der Waals surface area contributed by atoms with Crippen LogP contribution >= 0.6 is 11.8 Å². The van der Waals surface area contributed by atoms with Crippen molar-refractivity contribution in [3.05, 3.63) is 35.4 Å². The summed E-state index contributed by atoms with van der Waals surface area (Å²) in [5.74, 6) is 4.45. The first-order valence-electron chi connectivity index (χ1n) is 9.98. The number of carbonyl (C=O) groups excluding carboxylic acids is 1. The van der Waals surface area contributed by atoms with Crippen molar-refractivity contribution in [2.75, 3.05) is 12.3 Å². The highest BCUT2D eigenvalue weighted by atomic mass is 32.2. The zero-order valence-electron chi connectivity index (χ0n) is 15.4. The summed E-state index contributed by atoms with van der Waals surface area (Å²) < 4.78 is 0. The van der Waals surface area contributed by atoms with Crippen molar-refractivity contribution < 1.29 is 4.79 Å². The highest BCUT2D eigenvalue weighted by molar-refractivity contribution is 7.99. The number of nitriles is 1. The van der Waals surface area contributed by atoms with Crippen LogP contribution in [0.25, 0.3) is 0 Å². The lowest BCUT2D eigenvalue weighted by atomic mass is 9.49. The lowest BCUT2D eigenvalue weighted by Gasteiger charge is -2.57. The fourth-order valence-corrected chi connectivity index (χ4v) is 6.87. The molecule has 4 aliphatic carbocycles. The zero-order valence-corrected chi connectivity index (χ0v) is 16.2. The van der Waals surface area contributed by atoms with Crippen LogP contribution < -0.4 is 5.32 Å². The van der Waals surface area contributed by atoms with Gasteiger partial charge < -0.3 is 5.32 Å². The summed E-state index contributed by atoms with van der Waals surface area (Å²) >= 11 is 1.64. The van der Waals surface area contributed by atoms with Gasteiger partial charge in [0.2, 0.25) is 5.91 Å². The molecule has 4 heteroatoms. The highest BCUT2D eigenvalue weighted by Gasteiger charge is 2.50. The van der Waals surface area contributed by atoms with Gasteiger partial charge in [0.05, 0.1) is 17.4 Å². The molecule has 4 bridgehead atoms. The molecule has 0 heterocycles. The molecule has 1 aromatic carbocycles. The van der Waals surface area contributed by atoms with Crippen molar-refractivity contribution in [1.82, 2.24) is 5.32 Å². The average Bonchev–Trinajstić information content (AvgIpc) is 2.61. The molecule has 26 heavy (non-hydrogen) atoms. The van der Waals surface area contributed by atoms with Gasteiger partial charge in [0, 0.05) is 12.3 Å². The molecule has 0 atom stereocenters. The molecule has 1 aromatic rings. The maximum absolute atomic E-state index is 12.1. The lowest BCUT2D eigenvalue weighted by molar-refractivity contribution is -0.119. The van der Waals surface area contributed by atoms with Gasteiger partial charge in [-0.05, 0) is 85.8 Å². The van der Waals surface area contributed by atoms with E-state index in [1.807, 2.05) is 24.3 Å². The van der Waals surface area contributed by atoms with Crippen LogP contribution in [0.15, 0.2) is 24.3 Å². The van der Waals surface area contributed by atoms with Gasteiger partial charge >= 0.3 is 0 Å². The number of hydrogen-bond acceptors (Lipinski definition) is 3. The van der Waals surface area contributed by atoms with Crippen molar-refractivity contribution in [3.8, 4) is 6.07 Å². The van der Waals surface area contributed by atoms with Crippen LogP contribution in [0.2, 0.25) is 0 Å². The largest absolute Gasteiger partial charge is 0.355 e. The van der Waals surface area contributed by atoms with Gasteiger partial charge in [-0.1, -0.05) is 12.1 Å². The van der Waals surface area contributed by atoms with Gasteiger partial charge in [-0.15, -0.1) is 11.8 Å². The van der Waals surface area contributed by atoms with Gasteiger partial charge in [-0.2, -0.15) is 5.26 Å². The number of benzene rings is 1. The SMILES string of the molecule is N#Cc1ccc(CSCC(=O)NCCC23CC4CC(CC(C4)C2)C3)cc1. The van der Waals surface area contributed by atoms with E-state index in [2.05, 4.69) is 11.4 Å². The first kappa shape index (κ1) is 17.9. The number of amides is 1. The summed E-state index contributed by atoms with van der Waals surface area (Å²) in [6, 6.07) is 9.73. The summed E-state index contributed by atoms with van der Waals surface area (Å²) in [6.45, 7) is 0.850. The van der Waals surface area contributed by atoms with Gasteiger partial charge in [0.1, 0.15) is 0 Å². The van der Waals surface area contributed by atoms with Crippen LogP contribution in [0.4, 0.5) is 0 Å². The Morgan fingerprint density at radius 2 is 1.73 bits per heavy atom. The third-order valence-electron chi connectivity index (χ3n) is 6.73. The van der Waals surface area contributed by atoms with Gasteiger partial charge in [0.25, 0.3) is 0 Å². The molecule has 1 N–H and O–H groups in total. The van der Waals surface area contributed by atoms with Crippen LogP contribution in [-0.4, -0.2) is 18.2 Å². The third-order valence-corrected chi connectivity index (χ3v) is 7.73. The van der Waals surface area contributed by atoms with E-state index in [1.165, 1.54) is 44.9 Å². The number of nitrogens with zero attached hydrogens (tertiary/aromatic N) is 1. The predicted octanol–water partition coefficient (Wildman–Crippen LogP) is 4.51. The van der Waals surface area contributed by atoms with Crippen molar-refractivity contribution in [1.29, 1.82) is 5.26 Å². The molecular formula is C22H28N2OS. The second-order valence-electron chi connectivity index (χ2n) is 8.82. The summed E-state index contributed by atoms with van der Waals surface area (Å²) in [5, 5.41) is 12.0. The van der Waals surface area contributed by atoms with E-state index in [1.54, 1.807) is 11.8 Å². The Balaban J connectivity index is 1.16. The Morgan fingerprint density at radius 1 is 1.12 bits per heavy atom. The van der Waals surface area contributed by atoms with Crippen LogP contribution in [-0.2, 0) is 10.5 Å². The average molecular weight is 369 g/mol. The van der Waals surface area contributed by atoms with Crippen molar-refractivity contribution in [2.45, 2.75) is 50.7 Å². The number of nitrogens with one attached hydrogen (secondary N) is 1. The molecule has 3 nitrogen and oxygen atoms in total. The summed E-state index contributed by atoms with van der Waals surface area (Å²) in [4.78, 5) is 12.1. The van der Waals surface area contributed by atoms with Gasteiger partial charge in [-0.25, -0.2) is 0 Å². The number of hydrogen-bond donors (Lipinski definition) is 1. The van der Waals surface area contributed by atoms with E-state index >= 15 is 0 Å². The summed E-state index contributed by atoms with van der Waals surface area (Å²) in [5.41, 5.74) is 2.40. The van der Waals surface area contributed by atoms with Crippen LogP contribution in [0, 0.1) is 34.5 Å². The fraction of sp³-hybridized carbons (Fsp3) is 0.636. The van der Waals surface area contributed by atoms with Crippen molar-refractivity contribution in [3.63, 3.8) is 0 Å². The smallest absolute Gasteiger partial charge is 0.230 e. The number of rotatable bonds is 7. The normalized spacial score (nSPS) is 31.6. The molecule has 4 aliphatic rings. The first-order valence-corrected chi connectivity index (χ1v) is 11.1. The number of carbonyl (C=O) groups is 1. The molecular weight excluding hydrogens is 340 g/mol. The van der Waals surface area contributed by atoms with E-state index in [4.69, 9.17) is 5.26 Å². The molecule has 0 aromatic heterocycles. The van der Waals surface area contributed by atoms with E-state index in [-0.39, 0.29) is 5.91 Å². The molecule has 5 rings (SSSR count). The molecule has 0 unspecified atom stereocenters. The third kappa shape index (κ3) is 4.09. The molecule has 0 spiro atoms. The molecule has 1 amide bonds. The van der Waals surface area contributed by atoms with Crippen molar-refractivity contribution in [2.24, 2.45) is 23.2 Å². The van der Waals surface area contributed by atoms with Gasteiger partial charge in [-0.3, -0.25) is 4.79 Å². The zero-order chi connectivity index (χ0) is 18.0. The maximum atomic E-state index is 12.1.